The molecule has 5 heteroatoms. The van der Waals surface area contributed by atoms with Gasteiger partial charge in [-0.05, 0) is 44.4 Å². The average molecular weight is 297 g/mol. The Balaban J connectivity index is 2.03. The first kappa shape index (κ1) is 14.9. The molecule has 0 saturated heterocycles. The Kier molecular flexibility index (Phi) is 4.33. The van der Waals surface area contributed by atoms with Gasteiger partial charge in [0.25, 0.3) is 0 Å². The van der Waals surface area contributed by atoms with E-state index in [2.05, 4.69) is 0 Å². The smallest absolute Gasteiger partial charge is 0.303 e. The summed E-state index contributed by atoms with van der Waals surface area (Å²) in [6.07, 6.45) is 2.42. The lowest BCUT2D eigenvalue weighted by Gasteiger charge is -2.35. The molecule has 1 unspecified atom stereocenters. The van der Waals surface area contributed by atoms with Crippen molar-refractivity contribution < 1.29 is 19.4 Å². The molecule has 0 radical (unpaired) electrons. The molecule has 1 aliphatic heterocycles. The summed E-state index contributed by atoms with van der Waals surface area (Å²) in [5, 5.41) is 9.13. The zero-order valence-corrected chi connectivity index (χ0v) is 12.1. The maximum absolute atomic E-state index is 12.2. The third-order valence-electron chi connectivity index (χ3n) is 3.48. The van der Waals surface area contributed by atoms with Crippen molar-refractivity contribution in [2.75, 3.05) is 0 Å². The fourth-order valence-electron chi connectivity index (χ4n) is 2.46. The maximum atomic E-state index is 12.2. The lowest BCUT2D eigenvalue weighted by atomic mass is 9.87. The number of ether oxygens (including phenoxy) is 1. The molecule has 1 N–H and O–H groups in total. The largest absolute Gasteiger partial charge is 0.486 e. The topological polar surface area (TPSA) is 63.6 Å². The van der Waals surface area contributed by atoms with Gasteiger partial charge in [0.2, 0.25) is 0 Å². The fourth-order valence-corrected chi connectivity index (χ4v) is 2.63. The molecule has 108 valence electrons. The van der Waals surface area contributed by atoms with Gasteiger partial charge >= 0.3 is 5.97 Å². The van der Waals surface area contributed by atoms with Crippen LogP contribution < -0.4 is 4.74 Å². The summed E-state index contributed by atoms with van der Waals surface area (Å²) in [7, 11) is 0. The van der Waals surface area contributed by atoms with Gasteiger partial charge in [-0.15, -0.1) is 0 Å². The van der Waals surface area contributed by atoms with Gasteiger partial charge in [0.05, 0.1) is 12.0 Å². The van der Waals surface area contributed by atoms with Gasteiger partial charge in [0.15, 0.2) is 5.78 Å². The predicted molar refractivity (Wildman–Crippen MR) is 75.5 cm³/mol. The number of halogens is 1. The standard InChI is InChI=1S/C15H17ClO4/c1-15(7-3-2-4-14(18)19)9-12(17)11-8-10(16)5-6-13(11)20-15/h5-6,8H,2-4,7,9H2,1H3,(H,18,19). The molecule has 0 fully saturated rings. The molecule has 1 aromatic carbocycles. The first-order valence-electron chi connectivity index (χ1n) is 6.63. The number of hydrogen-bond acceptors (Lipinski definition) is 3. The minimum Gasteiger partial charge on any atom is -0.486 e. The molecular formula is C15H17ClO4. The van der Waals surface area contributed by atoms with Crippen LogP contribution in [0.4, 0.5) is 0 Å². The van der Waals surface area contributed by atoms with Crippen LogP contribution in [-0.4, -0.2) is 22.5 Å². The number of carboxylic acid groups (broad SMARTS) is 1. The monoisotopic (exact) mass is 296 g/mol. The van der Waals surface area contributed by atoms with Gasteiger partial charge < -0.3 is 9.84 Å². The van der Waals surface area contributed by atoms with E-state index in [1.165, 1.54) is 0 Å². The minimum atomic E-state index is -0.796. The fraction of sp³-hybridized carbons (Fsp3) is 0.467. The number of aliphatic carboxylic acids is 1. The van der Waals surface area contributed by atoms with E-state index in [9.17, 15) is 9.59 Å². The van der Waals surface area contributed by atoms with Crippen LogP contribution in [0.25, 0.3) is 0 Å². The normalized spacial score (nSPS) is 21.2. The second kappa shape index (κ2) is 5.83. The van der Waals surface area contributed by atoms with Crippen molar-refractivity contribution in [3.8, 4) is 5.75 Å². The van der Waals surface area contributed by atoms with Crippen LogP contribution in [0.15, 0.2) is 18.2 Å². The Labute approximate surface area is 122 Å². The van der Waals surface area contributed by atoms with E-state index in [-0.39, 0.29) is 12.2 Å². The summed E-state index contributed by atoms with van der Waals surface area (Å²) in [6, 6.07) is 5.04. The van der Waals surface area contributed by atoms with Gasteiger partial charge in [0.1, 0.15) is 11.4 Å². The number of benzene rings is 1. The molecule has 0 spiro atoms. The molecular weight excluding hydrogens is 280 g/mol. The van der Waals surface area contributed by atoms with Crippen molar-refractivity contribution in [1.29, 1.82) is 0 Å². The molecule has 1 aliphatic rings. The molecule has 0 aromatic heterocycles. The van der Waals surface area contributed by atoms with Crippen LogP contribution in [0, 0.1) is 0 Å². The molecule has 0 saturated carbocycles. The van der Waals surface area contributed by atoms with E-state index in [0.29, 0.717) is 35.6 Å². The van der Waals surface area contributed by atoms with Crippen molar-refractivity contribution in [3.63, 3.8) is 0 Å². The number of ketones is 1. The van der Waals surface area contributed by atoms with E-state index in [1.807, 2.05) is 6.92 Å². The molecule has 1 aromatic rings. The second-order valence-electron chi connectivity index (χ2n) is 5.39. The Bertz CT molecular complexity index is 541. The molecule has 2 rings (SSSR count). The zero-order valence-electron chi connectivity index (χ0n) is 11.3. The molecule has 1 heterocycles. The van der Waals surface area contributed by atoms with Crippen molar-refractivity contribution in [3.05, 3.63) is 28.8 Å². The van der Waals surface area contributed by atoms with Gasteiger partial charge in [-0.3, -0.25) is 9.59 Å². The summed E-state index contributed by atoms with van der Waals surface area (Å²) < 4.78 is 5.92. The van der Waals surface area contributed by atoms with Gasteiger partial charge in [-0.1, -0.05) is 11.6 Å². The third kappa shape index (κ3) is 3.51. The van der Waals surface area contributed by atoms with Crippen LogP contribution in [0.2, 0.25) is 5.02 Å². The number of carboxylic acids is 1. The molecule has 0 amide bonds. The predicted octanol–water partition coefficient (Wildman–Crippen LogP) is 3.71. The highest BCUT2D eigenvalue weighted by molar-refractivity contribution is 6.31. The zero-order chi connectivity index (χ0) is 14.8. The Morgan fingerprint density at radius 1 is 1.45 bits per heavy atom. The van der Waals surface area contributed by atoms with E-state index in [4.69, 9.17) is 21.4 Å². The van der Waals surface area contributed by atoms with Gasteiger partial charge in [0, 0.05) is 11.4 Å². The molecule has 20 heavy (non-hydrogen) atoms. The molecule has 1 atom stereocenters. The number of fused-ring (bicyclic) bond motifs is 1. The summed E-state index contributed by atoms with van der Waals surface area (Å²) in [5.41, 5.74) is -0.0309. The minimum absolute atomic E-state index is 0.0227. The van der Waals surface area contributed by atoms with Crippen LogP contribution in [0.3, 0.4) is 0 Å². The first-order chi connectivity index (χ1) is 9.39. The van der Waals surface area contributed by atoms with E-state index in [0.717, 1.165) is 6.42 Å². The van der Waals surface area contributed by atoms with Crippen LogP contribution in [-0.2, 0) is 4.79 Å². The lowest BCUT2D eigenvalue weighted by Crippen LogP contribution is -2.39. The van der Waals surface area contributed by atoms with E-state index >= 15 is 0 Å². The highest BCUT2D eigenvalue weighted by Crippen LogP contribution is 2.37. The third-order valence-corrected chi connectivity index (χ3v) is 3.71. The van der Waals surface area contributed by atoms with Crippen LogP contribution in [0.5, 0.6) is 5.75 Å². The highest BCUT2D eigenvalue weighted by atomic mass is 35.5. The summed E-state index contributed by atoms with van der Waals surface area (Å²) in [4.78, 5) is 22.6. The number of carbonyl (C=O) groups is 2. The number of unbranched alkanes of at least 4 members (excludes halogenated alkanes) is 1. The quantitative estimate of drug-likeness (QED) is 0.841. The summed E-state index contributed by atoms with van der Waals surface area (Å²) in [5.74, 6) is -0.211. The van der Waals surface area contributed by atoms with Crippen LogP contribution >= 0.6 is 11.6 Å². The summed E-state index contributed by atoms with van der Waals surface area (Å²) >= 11 is 5.88. The Hall–Kier alpha value is -1.55. The molecule has 4 nitrogen and oxygen atoms in total. The first-order valence-corrected chi connectivity index (χ1v) is 7.01. The van der Waals surface area contributed by atoms with Crippen molar-refractivity contribution in [2.24, 2.45) is 0 Å². The Morgan fingerprint density at radius 2 is 2.20 bits per heavy atom. The van der Waals surface area contributed by atoms with E-state index < -0.39 is 11.6 Å². The average Bonchev–Trinajstić information content (AvgIpc) is 2.36. The lowest BCUT2D eigenvalue weighted by molar-refractivity contribution is -0.137. The van der Waals surface area contributed by atoms with Crippen molar-refractivity contribution >= 4 is 23.4 Å². The van der Waals surface area contributed by atoms with Crippen molar-refractivity contribution in [2.45, 2.75) is 44.6 Å². The Morgan fingerprint density at radius 3 is 2.90 bits per heavy atom. The second-order valence-corrected chi connectivity index (χ2v) is 5.83. The van der Waals surface area contributed by atoms with Gasteiger partial charge in [-0.25, -0.2) is 0 Å². The van der Waals surface area contributed by atoms with Crippen molar-refractivity contribution in [1.82, 2.24) is 0 Å². The highest BCUT2D eigenvalue weighted by Gasteiger charge is 2.36. The van der Waals surface area contributed by atoms with E-state index in [1.54, 1.807) is 18.2 Å². The molecule has 0 bridgehead atoms. The summed E-state index contributed by atoms with van der Waals surface area (Å²) in [6.45, 7) is 1.89. The number of carbonyl (C=O) groups excluding carboxylic acids is 1. The number of hydrogen-bond donors (Lipinski definition) is 1. The maximum Gasteiger partial charge on any atom is 0.303 e. The SMILES string of the molecule is CC1(CCCCC(=O)O)CC(=O)c2cc(Cl)ccc2O1. The number of Topliss-reactive ketones (excluding diaryl/α,β-unsaturated/α-hetero) is 1. The van der Waals surface area contributed by atoms with Crippen LogP contribution in [0.1, 0.15) is 49.4 Å². The molecule has 0 aliphatic carbocycles. The number of rotatable bonds is 5. The van der Waals surface area contributed by atoms with Gasteiger partial charge in [-0.2, -0.15) is 0 Å².